The predicted octanol–water partition coefficient (Wildman–Crippen LogP) is 3.55. The first-order valence-corrected chi connectivity index (χ1v) is 7.88. The molecule has 3 nitrogen and oxygen atoms in total. The molecule has 1 aromatic heterocycles. The lowest BCUT2D eigenvalue weighted by Gasteiger charge is -2.41. The van der Waals surface area contributed by atoms with E-state index < -0.39 is 0 Å². The fourth-order valence-electron chi connectivity index (χ4n) is 2.90. The molecule has 0 saturated heterocycles. The molecule has 0 atom stereocenters. The summed E-state index contributed by atoms with van der Waals surface area (Å²) in [5.41, 5.74) is 8.65. The van der Waals surface area contributed by atoms with Crippen molar-refractivity contribution in [3.05, 3.63) is 23.8 Å². The summed E-state index contributed by atoms with van der Waals surface area (Å²) < 4.78 is 1.19. The van der Waals surface area contributed by atoms with Crippen molar-refractivity contribution < 1.29 is 0 Å². The molecule has 0 unspecified atom stereocenters. The summed E-state index contributed by atoms with van der Waals surface area (Å²) in [6.07, 6.45) is 5.48. The van der Waals surface area contributed by atoms with Crippen LogP contribution in [0, 0.1) is 5.41 Å². The number of nitrogens with one attached hydrogen (secondary N) is 1. The number of thiazole rings is 1. The average Bonchev–Trinajstić information content (AvgIpc) is 2.72. The van der Waals surface area contributed by atoms with Crippen molar-refractivity contribution in [3.8, 4) is 0 Å². The second-order valence-corrected chi connectivity index (χ2v) is 6.73. The van der Waals surface area contributed by atoms with Crippen molar-refractivity contribution in [1.29, 1.82) is 0 Å². The van der Waals surface area contributed by atoms with Crippen LogP contribution in [0.2, 0.25) is 0 Å². The zero-order chi connectivity index (χ0) is 13.3. The van der Waals surface area contributed by atoms with Crippen molar-refractivity contribution in [2.24, 2.45) is 5.41 Å². The van der Waals surface area contributed by atoms with Crippen LogP contribution < -0.4 is 11.1 Å². The molecule has 1 fully saturated rings. The molecule has 1 aliphatic rings. The molecule has 0 radical (unpaired) electrons. The zero-order valence-electron chi connectivity index (χ0n) is 11.4. The minimum atomic E-state index is 0.582. The highest BCUT2D eigenvalue weighted by molar-refractivity contribution is 7.22. The van der Waals surface area contributed by atoms with Gasteiger partial charge in [-0.1, -0.05) is 30.7 Å². The number of anilines is 1. The highest BCUT2D eigenvalue weighted by Crippen LogP contribution is 2.43. The summed E-state index contributed by atoms with van der Waals surface area (Å²) in [7, 11) is 0. The Bertz CT molecular complexity index is 566. The van der Waals surface area contributed by atoms with Crippen molar-refractivity contribution in [3.63, 3.8) is 0 Å². The second kappa shape index (κ2) is 5.10. The normalized spacial score (nSPS) is 17.5. The number of nitrogens with zero attached hydrogens (tertiary/aromatic N) is 1. The molecule has 4 heteroatoms. The lowest BCUT2D eigenvalue weighted by molar-refractivity contribution is 0.124. The van der Waals surface area contributed by atoms with E-state index in [1.165, 1.54) is 35.9 Å². The van der Waals surface area contributed by atoms with Crippen molar-refractivity contribution >= 4 is 26.7 Å². The molecule has 3 N–H and O–H groups in total. The SMILES string of the molecule is CCC1(CNCc2ccc3nc(N)sc3c2)CCC1. The maximum Gasteiger partial charge on any atom is 0.181 e. The zero-order valence-corrected chi connectivity index (χ0v) is 12.2. The predicted molar refractivity (Wildman–Crippen MR) is 82.3 cm³/mol. The lowest BCUT2D eigenvalue weighted by atomic mass is 9.67. The minimum absolute atomic E-state index is 0.582. The van der Waals surface area contributed by atoms with E-state index >= 15 is 0 Å². The Labute approximate surface area is 118 Å². The van der Waals surface area contributed by atoms with Crippen molar-refractivity contribution in [2.75, 3.05) is 12.3 Å². The Morgan fingerprint density at radius 1 is 1.42 bits per heavy atom. The van der Waals surface area contributed by atoms with Crippen LogP contribution in [0.25, 0.3) is 10.2 Å². The number of fused-ring (bicyclic) bond motifs is 1. The smallest absolute Gasteiger partial charge is 0.181 e. The maximum atomic E-state index is 5.73. The van der Waals surface area contributed by atoms with E-state index in [9.17, 15) is 0 Å². The monoisotopic (exact) mass is 275 g/mol. The molecular formula is C15H21N3S. The Morgan fingerprint density at radius 3 is 2.95 bits per heavy atom. The molecule has 0 bridgehead atoms. The molecule has 2 aromatic rings. The van der Waals surface area contributed by atoms with Gasteiger partial charge >= 0.3 is 0 Å². The second-order valence-electron chi connectivity index (χ2n) is 5.66. The summed E-state index contributed by atoms with van der Waals surface area (Å²) in [4.78, 5) is 4.29. The summed E-state index contributed by atoms with van der Waals surface area (Å²) in [5.74, 6) is 0. The van der Waals surface area contributed by atoms with E-state index in [0.717, 1.165) is 18.6 Å². The molecule has 102 valence electrons. The van der Waals surface area contributed by atoms with Crippen LogP contribution in [0.5, 0.6) is 0 Å². The number of hydrogen-bond acceptors (Lipinski definition) is 4. The van der Waals surface area contributed by atoms with E-state index in [4.69, 9.17) is 5.73 Å². The van der Waals surface area contributed by atoms with Crippen LogP contribution >= 0.6 is 11.3 Å². The van der Waals surface area contributed by atoms with Crippen molar-refractivity contribution in [1.82, 2.24) is 10.3 Å². The van der Waals surface area contributed by atoms with Gasteiger partial charge in [-0.15, -0.1) is 0 Å². The first-order valence-electron chi connectivity index (χ1n) is 7.06. The fourth-order valence-corrected chi connectivity index (χ4v) is 3.70. The van der Waals surface area contributed by atoms with Crippen LogP contribution in [-0.2, 0) is 6.54 Å². The molecule has 0 aliphatic heterocycles. The number of hydrogen-bond donors (Lipinski definition) is 2. The van der Waals surface area contributed by atoms with Gasteiger partial charge in [-0.3, -0.25) is 0 Å². The van der Waals surface area contributed by atoms with Gasteiger partial charge in [0.2, 0.25) is 0 Å². The minimum Gasteiger partial charge on any atom is -0.375 e. The third-order valence-electron chi connectivity index (χ3n) is 4.46. The maximum absolute atomic E-state index is 5.73. The van der Waals surface area contributed by atoms with Crippen molar-refractivity contribution in [2.45, 2.75) is 39.2 Å². The van der Waals surface area contributed by atoms with Crippen LogP contribution in [0.15, 0.2) is 18.2 Å². The lowest BCUT2D eigenvalue weighted by Crippen LogP contribution is -2.39. The quantitative estimate of drug-likeness (QED) is 0.877. The summed E-state index contributed by atoms with van der Waals surface area (Å²) in [5, 5.41) is 4.27. The molecule has 19 heavy (non-hydrogen) atoms. The Hall–Kier alpha value is -1.13. The molecule has 1 heterocycles. The third-order valence-corrected chi connectivity index (χ3v) is 5.31. The van der Waals surface area contributed by atoms with Crippen LogP contribution in [0.1, 0.15) is 38.2 Å². The van der Waals surface area contributed by atoms with E-state index in [1.807, 2.05) is 0 Å². The molecule has 3 rings (SSSR count). The largest absolute Gasteiger partial charge is 0.375 e. The number of rotatable bonds is 5. The first kappa shape index (κ1) is 12.9. The summed E-state index contributed by atoms with van der Waals surface area (Å²) in [6, 6.07) is 6.42. The van der Waals surface area contributed by atoms with E-state index in [1.54, 1.807) is 11.3 Å². The third kappa shape index (κ3) is 2.60. The van der Waals surface area contributed by atoms with Gasteiger partial charge in [0.1, 0.15) is 0 Å². The van der Waals surface area contributed by atoms with Gasteiger partial charge in [0.05, 0.1) is 10.2 Å². The molecule has 0 amide bonds. The number of benzene rings is 1. The Kier molecular flexibility index (Phi) is 3.46. The summed E-state index contributed by atoms with van der Waals surface area (Å²) >= 11 is 1.56. The van der Waals surface area contributed by atoms with Crippen LogP contribution in [-0.4, -0.2) is 11.5 Å². The first-order chi connectivity index (χ1) is 9.21. The van der Waals surface area contributed by atoms with Gasteiger partial charge in [-0.05, 0) is 42.4 Å². The standard InChI is InChI=1S/C15H21N3S/c1-2-15(6-3-7-15)10-17-9-11-4-5-12-13(8-11)19-14(16)18-12/h4-5,8,17H,2-3,6-7,9-10H2,1H3,(H2,16,18). The van der Waals surface area contributed by atoms with Gasteiger partial charge in [0.25, 0.3) is 0 Å². The highest BCUT2D eigenvalue weighted by atomic mass is 32.1. The Balaban J connectivity index is 1.62. The number of nitrogen functional groups attached to an aromatic ring is 1. The molecule has 1 aliphatic carbocycles. The summed E-state index contributed by atoms with van der Waals surface area (Å²) in [6.45, 7) is 4.40. The van der Waals surface area contributed by atoms with Gasteiger partial charge in [0, 0.05) is 13.1 Å². The fraction of sp³-hybridized carbons (Fsp3) is 0.533. The number of nitrogens with two attached hydrogens (primary N) is 1. The van der Waals surface area contributed by atoms with Gasteiger partial charge < -0.3 is 11.1 Å². The van der Waals surface area contributed by atoms with E-state index in [0.29, 0.717) is 10.5 Å². The Morgan fingerprint density at radius 2 is 2.26 bits per heavy atom. The van der Waals surface area contributed by atoms with Gasteiger partial charge in [-0.2, -0.15) is 0 Å². The van der Waals surface area contributed by atoms with Gasteiger partial charge in [-0.25, -0.2) is 4.98 Å². The van der Waals surface area contributed by atoms with Crippen LogP contribution in [0.3, 0.4) is 0 Å². The molecule has 1 aromatic carbocycles. The van der Waals surface area contributed by atoms with E-state index in [2.05, 4.69) is 35.4 Å². The van der Waals surface area contributed by atoms with Crippen LogP contribution in [0.4, 0.5) is 5.13 Å². The number of aromatic nitrogens is 1. The topological polar surface area (TPSA) is 50.9 Å². The highest BCUT2D eigenvalue weighted by Gasteiger charge is 2.34. The molecule has 0 spiro atoms. The van der Waals surface area contributed by atoms with E-state index in [-0.39, 0.29) is 0 Å². The average molecular weight is 275 g/mol. The molecule has 1 saturated carbocycles. The van der Waals surface area contributed by atoms with Gasteiger partial charge in [0.15, 0.2) is 5.13 Å². The molecular weight excluding hydrogens is 254 g/mol.